The molecule has 0 bridgehead atoms. The van der Waals surface area contributed by atoms with Gasteiger partial charge in [0.15, 0.2) is 0 Å². The fourth-order valence-electron chi connectivity index (χ4n) is 3.96. The molecule has 0 aliphatic carbocycles. The number of carbonyl (C=O) groups is 3. The zero-order valence-corrected chi connectivity index (χ0v) is 16.6. The molecule has 2 atom stereocenters. The van der Waals surface area contributed by atoms with Crippen molar-refractivity contribution in [1.29, 1.82) is 0 Å². The molecule has 2 fully saturated rings. The van der Waals surface area contributed by atoms with Gasteiger partial charge in [0.1, 0.15) is 5.75 Å². The van der Waals surface area contributed by atoms with E-state index in [-0.39, 0.29) is 30.1 Å². The summed E-state index contributed by atoms with van der Waals surface area (Å²) in [5.41, 5.74) is 1.05. The number of hydrogen-bond acceptors (Lipinski definition) is 6. The molecule has 2 aliphatic heterocycles. The third-order valence-corrected chi connectivity index (χ3v) is 5.52. The number of benzene rings is 1. The van der Waals surface area contributed by atoms with E-state index < -0.39 is 6.04 Å². The summed E-state index contributed by atoms with van der Waals surface area (Å²) in [7, 11) is 1.61. The molecule has 1 aromatic rings. The molecule has 2 aliphatic rings. The molecule has 2 saturated heterocycles. The number of nitrogens with zero attached hydrogens (tertiary/aromatic N) is 2. The lowest BCUT2D eigenvalue weighted by molar-refractivity contribution is -0.151. The highest BCUT2D eigenvalue weighted by molar-refractivity contribution is 6.05. The lowest BCUT2D eigenvalue weighted by Crippen LogP contribution is -2.48. The van der Waals surface area contributed by atoms with Crippen molar-refractivity contribution in [1.82, 2.24) is 9.80 Å². The molecule has 0 saturated carbocycles. The van der Waals surface area contributed by atoms with E-state index >= 15 is 0 Å². The van der Waals surface area contributed by atoms with E-state index in [2.05, 4.69) is 0 Å². The molecule has 2 heterocycles. The summed E-state index contributed by atoms with van der Waals surface area (Å²) in [4.78, 5) is 40.7. The van der Waals surface area contributed by atoms with E-state index in [1.54, 1.807) is 14.0 Å². The number of rotatable bonds is 7. The molecular weight excluding hydrogens is 360 g/mol. The minimum atomic E-state index is -0.458. The number of piperidine rings is 1. The Balaban J connectivity index is 1.58. The van der Waals surface area contributed by atoms with Crippen LogP contribution in [-0.2, 0) is 25.5 Å². The molecule has 0 aromatic heterocycles. The Morgan fingerprint density at radius 2 is 1.96 bits per heavy atom. The molecule has 0 spiro atoms. The Labute approximate surface area is 165 Å². The van der Waals surface area contributed by atoms with E-state index in [9.17, 15) is 14.4 Å². The van der Waals surface area contributed by atoms with Crippen molar-refractivity contribution < 1.29 is 23.9 Å². The van der Waals surface area contributed by atoms with Gasteiger partial charge in [0.25, 0.3) is 0 Å². The van der Waals surface area contributed by atoms with Crippen molar-refractivity contribution in [2.45, 2.75) is 38.6 Å². The minimum Gasteiger partial charge on any atom is -0.497 e. The highest BCUT2D eigenvalue weighted by Crippen LogP contribution is 2.26. The molecule has 1 aromatic carbocycles. The maximum absolute atomic E-state index is 12.9. The standard InChI is InChI=1S/C21H28N2O5/c1-3-28-21(26)16-5-4-11-22(14-16)18-13-19(24)23(20(18)25)12-10-15-6-8-17(27-2)9-7-15/h6-9,16,18H,3-5,10-14H2,1-2H3/t16-,18-/m0/s1. The predicted octanol–water partition coefficient (Wildman–Crippen LogP) is 1.64. The summed E-state index contributed by atoms with van der Waals surface area (Å²) in [6.07, 6.45) is 2.40. The van der Waals surface area contributed by atoms with E-state index in [1.165, 1.54) is 4.90 Å². The van der Waals surface area contributed by atoms with Gasteiger partial charge in [-0.05, 0) is 50.4 Å². The van der Waals surface area contributed by atoms with Gasteiger partial charge in [-0.25, -0.2) is 0 Å². The fraction of sp³-hybridized carbons (Fsp3) is 0.571. The maximum atomic E-state index is 12.9. The second kappa shape index (κ2) is 9.19. The van der Waals surface area contributed by atoms with E-state index in [0.717, 1.165) is 30.7 Å². The third-order valence-electron chi connectivity index (χ3n) is 5.52. The van der Waals surface area contributed by atoms with E-state index in [1.807, 2.05) is 29.2 Å². The average Bonchev–Trinajstić information content (AvgIpc) is 3.00. The van der Waals surface area contributed by atoms with Gasteiger partial charge >= 0.3 is 5.97 Å². The summed E-state index contributed by atoms with van der Waals surface area (Å²) in [5, 5.41) is 0. The average molecular weight is 388 g/mol. The Hall–Kier alpha value is -2.41. The Kier molecular flexibility index (Phi) is 6.67. The molecule has 0 N–H and O–H groups in total. The van der Waals surface area contributed by atoms with Gasteiger partial charge in [-0.15, -0.1) is 0 Å². The highest BCUT2D eigenvalue weighted by Gasteiger charge is 2.43. The predicted molar refractivity (Wildman–Crippen MR) is 103 cm³/mol. The number of imide groups is 1. The first-order valence-electron chi connectivity index (χ1n) is 9.91. The van der Waals surface area contributed by atoms with Crippen LogP contribution in [0.4, 0.5) is 0 Å². The summed E-state index contributed by atoms with van der Waals surface area (Å²) < 4.78 is 10.3. The van der Waals surface area contributed by atoms with Gasteiger partial charge < -0.3 is 9.47 Å². The van der Waals surface area contributed by atoms with Crippen molar-refractivity contribution in [3.63, 3.8) is 0 Å². The molecule has 28 heavy (non-hydrogen) atoms. The summed E-state index contributed by atoms with van der Waals surface area (Å²) in [6, 6.07) is 7.16. The van der Waals surface area contributed by atoms with Crippen molar-refractivity contribution in [2.24, 2.45) is 5.92 Å². The van der Waals surface area contributed by atoms with Crippen LogP contribution in [0.3, 0.4) is 0 Å². The molecule has 152 valence electrons. The molecule has 0 radical (unpaired) electrons. The lowest BCUT2D eigenvalue weighted by atomic mass is 9.96. The first-order valence-corrected chi connectivity index (χ1v) is 9.91. The number of methoxy groups -OCH3 is 1. The van der Waals surface area contributed by atoms with Crippen molar-refractivity contribution in [3.8, 4) is 5.75 Å². The summed E-state index contributed by atoms with van der Waals surface area (Å²) in [6.45, 7) is 3.73. The molecule has 3 rings (SSSR count). The largest absolute Gasteiger partial charge is 0.497 e. The number of amides is 2. The SMILES string of the molecule is CCOC(=O)[C@H]1CCCN([C@H]2CC(=O)N(CCc3ccc(OC)cc3)C2=O)C1. The van der Waals surface area contributed by atoms with E-state index in [4.69, 9.17) is 9.47 Å². The molecule has 2 amide bonds. The van der Waals surface area contributed by atoms with Gasteiger partial charge in [0, 0.05) is 13.1 Å². The normalized spacial score (nSPS) is 23.1. The Morgan fingerprint density at radius 1 is 1.21 bits per heavy atom. The quantitative estimate of drug-likeness (QED) is 0.522. The monoisotopic (exact) mass is 388 g/mol. The number of carbonyl (C=O) groups excluding carboxylic acids is 3. The van der Waals surface area contributed by atoms with Crippen molar-refractivity contribution in [2.75, 3.05) is 33.4 Å². The van der Waals surface area contributed by atoms with Crippen LogP contribution in [0.5, 0.6) is 5.75 Å². The second-order valence-corrected chi connectivity index (χ2v) is 7.29. The minimum absolute atomic E-state index is 0.137. The van der Waals surface area contributed by atoms with Gasteiger partial charge in [-0.2, -0.15) is 0 Å². The van der Waals surface area contributed by atoms with E-state index in [0.29, 0.717) is 26.1 Å². The van der Waals surface area contributed by atoms with Crippen LogP contribution in [0.1, 0.15) is 31.7 Å². The smallest absolute Gasteiger partial charge is 0.310 e. The van der Waals surface area contributed by atoms with Crippen molar-refractivity contribution >= 4 is 17.8 Å². The van der Waals surface area contributed by atoms with Gasteiger partial charge in [0.05, 0.1) is 32.1 Å². The topological polar surface area (TPSA) is 76.2 Å². The maximum Gasteiger partial charge on any atom is 0.310 e. The number of esters is 1. The van der Waals surface area contributed by atoms with Crippen LogP contribution in [0.25, 0.3) is 0 Å². The Morgan fingerprint density at radius 3 is 2.64 bits per heavy atom. The first-order chi connectivity index (χ1) is 13.5. The molecule has 7 nitrogen and oxygen atoms in total. The first kappa shape index (κ1) is 20.3. The summed E-state index contributed by atoms with van der Waals surface area (Å²) >= 11 is 0. The highest BCUT2D eigenvalue weighted by atomic mass is 16.5. The summed E-state index contributed by atoms with van der Waals surface area (Å²) in [5.74, 6) is 0.0634. The zero-order valence-electron chi connectivity index (χ0n) is 16.6. The van der Waals surface area contributed by atoms with Crippen LogP contribution in [-0.4, -0.2) is 67.0 Å². The van der Waals surface area contributed by atoms with Crippen LogP contribution in [0, 0.1) is 5.92 Å². The molecule has 0 unspecified atom stereocenters. The van der Waals surface area contributed by atoms with Gasteiger partial charge in [-0.1, -0.05) is 12.1 Å². The van der Waals surface area contributed by atoms with Crippen molar-refractivity contribution in [3.05, 3.63) is 29.8 Å². The number of hydrogen-bond donors (Lipinski definition) is 0. The molecular formula is C21H28N2O5. The fourth-order valence-corrected chi connectivity index (χ4v) is 3.96. The van der Waals surface area contributed by atoms with Crippen LogP contribution < -0.4 is 4.74 Å². The van der Waals surface area contributed by atoms with Gasteiger partial charge in [0.2, 0.25) is 11.8 Å². The molecule has 7 heteroatoms. The number of likely N-dealkylation sites (tertiary alicyclic amines) is 2. The third kappa shape index (κ3) is 4.52. The zero-order chi connectivity index (χ0) is 20.1. The van der Waals surface area contributed by atoms with Crippen LogP contribution in [0.15, 0.2) is 24.3 Å². The van der Waals surface area contributed by atoms with Crippen LogP contribution in [0.2, 0.25) is 0 Å². The van der Waals surface area contributed by atoms with Crippen LogP contribution >= 0.6 is 0 Å². The second-order valence-electron chi connectivity index (χ2n) is 7.29. The lowest BCUT2D eigenvalue weighted by Gasteiger charge is -2.34. The van der Waals surface area contributed by atoms with Gasteiger partial charge in [-0.3, -0.25) is 24.2 Å². The Bertz CT molecular complexity index is 718. The number of ether oxygens (including phenoxy) is 2.